The lowest BCUT2D eigenvalue weighted by Gasteiger charge is -2.35. The van der Waals surface area contributed by atoms with Gasteiger partial charge in [0.1, 0.15) is 10.8 Å². The largest absolute Gasteiger partial charge is 0.494 e. The van der Waals surface area contributed by atoms with Gasteiger partial charge in [-0.2, -0.15) is 0 Å². The van der Waals surface area contributed by atoms with Crippen molar-refractivity contribution in [3.8, 4) is 16.3 Å². The molecule has 1 aliphatic rings. The van der Waals surface area contributed by atoms with Crippen molar-refractivity contribution in [2.45, 2.75) is 52.5 Å². The molecule has 0 aliphatic carbocycles. The maximum Gasteiger partial charge on any atom is 0.226 e. The summed E-state index contributed by atoms with van der Waals surface area (Å²) >= 11 is 1.55. The van der Waals surface area contributed by atoms with Crippen molar-refractivity contribution in [2.24, 2.45) is 0 Å². The third-order valence-electron chi connectivity index (χ3n) is 5.72. The topological polar surface area (TPSA) is 63.7 Å². The summed E-state index contributed by atoms with van der Waals surface area (Å²) in [6.45, 7) is 10.2. The van der Waals surface area contributed by atoms with E-state index >= 15 is 0 Å². The number of hydrogen-bond donors (Lipinski definition) is 1. The van der Waals surface area contributed by atoms with E-state index in [9.17, 15) is 4.79 Å². The van der Waals surface area contributed by atoms with Gasteiger partial charge in [-0.15, -0.1) is 11.3 Å². The first-order valence-electron chi connectivity index (χ1n) is 11.9. The zero-order valence-corrected chi connectivity index (χ0v) is 20.9. The van der Waals surface area contributed by atoms with Crippen molar-refractivity contribution in [3.05, 3.63) is 70.7 Å². The number of nitrogens with zero attached hydrogens (tertiary/aromatic N) is 2. The molecule has 7 heteroatoms. The van der Waals surface area contributed by atoms with Crippen LogP contribution >= 0.6 is 11.3 Å². The zero-order valence-electron chi connectivity index (χ0n) is 20.1. The lowest BCUT2D eigenvalue weighted by atomic mass is 10.1. The van der Waals surface area contributed by atoms with Gasteiger partial charge in [0, 0.05) is 37.1 Å². The third kappa shape index (κ3) is 6.88. The van der Waals surface area contributed by atoms with Crippen LogP contribution in [0.15, 0.2) is 53.9 Å². The molecule has 1 aromatic heterocycles. The second-order valence-electron chi connectivity index (χ2n) is 8.82. The van der Waals surface area contributed by atoms with E-state index in [4.69, 9.17) is 9.47 Å². The maximum absolute atomic E-state index is 12.5. The molecule has 2 unspecified atom stereocenters. The second kappa shape index (κ2) is 11.6. The molecule has 3 aromatic rings. The first-order valence-corrected chi connectivity index (χ1v) is 12.8. The number of carbonyl (C=O) groups excluding carboxylic acids is 1. The van der Waals surface area contributed by atoms with Crippen LogP contribution in [0.1, 0.15) is 37.6 Å². The van der Waals surface area contributed by atoms with Crippen LogP contribution in [0.25, 0.3) is 10.6 Å². The summed E-state index contributed by atoms with van der Waals surface area (Å²) in [4.78, 5) is 19.5. The Hall–Kier alpha value is -2.74. The fourth-order valence-corrected chi connectivity index (χ4v) is 5.07. The Bertz CT molecular complexity index is 1060. The van der Waals surface area contributed by atoms with Crippen LogP contribution in [0.3, 0.4) is 0 Å². The quantitative estimate of drug-likeness (QED) is 0.483. The highest BCUT2D eigenvalue weighted by atomic mass is 32.1. The maximum atomic E-state index is 12.5. The number of rotatable bonds is 9. The smallest absolute Gasteiger partial charge is 0.226 e. The van der Waals surface area contributed by atoms with Crippen molar-refractivity contribution in [1.82, 2.24) is 15.2 Å². The van der Waals surface area contributed by atoms with E-state index < -0.39 is 0 Å². The van der Waals surface area contributed by atoms with Crippen molar-refractivity contribution < 1.29 is 14.3 Å². The van der Waals surface area contributed by atoms with E-state index in [1.54, 1.807) is 11.3 Å². The van der Waals surface area contributed by atoms with Gasteiger partial charge in [-0.3, -0.25) is 9.69 Å². The monoisotopic (exact) mass is 479 g/mol. The minimum atomic E-state index is -0.0242. The molecule has 0 spiro atoms. The Balaban J connectivity index is 1.24. The van der Waals surface area contributed by atoms with E-state index in [1.165, 1.54) is 5.56 Å². The fraction of sp³-hybridized carbons (Fsp3) is 0.407. The highest BCUT2D eigenvalue weighted by Crippen LogP contribution is 2.26. The summed E-state index contributed by atoms with van der Waals surface area (Å²) in [6, 6.07) is 16.4. The summed E-state index contributed by atoms with van der Waals surface area (Å²) in [6.07, 6.45) is 0.819. The molecule has 0 bridgehead atoms. The highest BCUT2D eigenvalue weighted by Gasteiger charge is 2.22. The molecule has 1 amide bonds. The molecule has 2 heterocycles. The lowest BCUT2D eigenvalue weighted by Crippen LogP contribution is -2.44. The van der Waals surface area contributed by atoms with Gasteiger partial charge >= 0.3 is 0 Å². The Kier molecular flexibility index (Phi) is 8.32. The average molecular weight is 480 g/mol. The summed E-state index contributed by atoms with van der Waals surface area (Å²) in [5.41, 5.74) is 4.19. The average Bonchev–Trinajstić information content (AvgIpc) is 3.27. The molecule has 0 radical (unpaired) electrons. The predicted molar refractivity (Wildman–Crippen MR) is 136 cm³/mol. The number of morpholine rings is 1. The van der Waals surface area contributed by atoms with Crippen molar-refractivity contribution in [2.75, 3.05) is 19.7 Å². The molecule has 0 saturated carbocycles. The number of benzene rings is 2. The fourth-order valence-electron chi connectivity index (χ4n) is 4.24. The number of carbonyl (C=O) groups is 1. The first-order chi connectivity index (χ1) is 16.5. The van der Waals surface area contributed by atoms with Crippen molar-refractivity contribution >= 4 is 17.2 Å². The Morgan fingerprint density at radius 2 is 1.76 bits per heavy atom. The SMILES string of the molecule is CCOc1ccc(-c2nc(CC(=O)NCc3ccc(CN4CC(C)OC(C)C4)cc3)cs2)cc1. The molecule has 1 aliphatic heterocycles. The Labute approximate surface area is 205 Å². The van der Waals surface area contributed by atoms with Gasteiger partial charge in [-0.25, -0.2) is 4.98 Å². The number of nitrogens with one attached hydrogen (secondary N) is 1. The molecule has 34 heavy (non-hydrogen) atoms. The lowest BCUT2D eigenvalue weighted by molar-refractivity contribution is -0.120. The van der Waals surface area contributed by atoms with Gasteiger partial charge in [0.15, 0.2) is 0 Å². The predicted octanol–water partition coefficient (Wildman–Crippen LogP) is 4.68. The van der Waals surface area contributed by atoms with Crippen LogP contribution in [-0.2, 0) is 29.0 Å². The second-order valence-corrected chi connectivity index (χ2v) is 9.68. The van der Waals surface area contributed by atoms with Crippen LogP contribution in [0.2, 0.25) is 0 Å². The standard InChI is InChI=1S/C27H33N3O3S/c1-4-32-25-11-9-23(10-12-25)27-29-24(18-34-27)13-26(31)28-14-21-5-7-22(8-6-21)17-30-15-19(2)33-20(3)16-30/h5-12,18-20H,4,13-17H2,1-3H3,(H,28,31). The number of amides is 1. The van der Waals surface area contributed by atoms with Crippen LogP contribution in [-0.4, -0.2) is 47.7 Å². The molecular weight excluding hydrogens is 446 g/mol. The molecule has 180 valence electrons. The molecule has 1 saturated heterocycles. The number of thiazole rings is 1. The Morgan fingerprint density at radius 1 is 1.09 bits per heavy atom. The minimum Gasteiger partial charge on any atom is -0.494 e. The summed E-state index contributed by atoms with van der Waals surface area (Å²) < 4.78 is 11.3. The molecule has 6 nitrogen and oxygen atoms in total. The third-order valence-corrected chi connectivity index (χ3v) is 6.66. The summed E-state index contributed by atoms with van der Waals surface area (Å²) in [5, 5.41) is 5.87. The van der Waals surface area contributed by atoms with Gasteiger partial charge in [0.25, 0.3) is 0 Å². The first kappa shape index (κ1) is 24.4. The van der Waals surface area contributed by atoms with Crippen LogP contribution in [0, 0.1) is 0 Å². The van der Waals surface area contributed by atoms with Gasteiger partial charge in [0.05, 0.1) is 30.9 Å². The summed E-state index contributed by atoms with van der Waals surface area (Å²) in [5.74, 6) is 0.824. The van der Waals surface area contributed by atoms with Gasteiger partial charge in [0.2, 0.25) is 5.91 Å². The van der Waals surface area contributed by atoms with E-state index in [2.05, 4.69) is 53.3 Å². The van der Waals surface area contributed by atoms with Gasteiger partial charge in [-0.1, -0.05) is 24.3 Å². The number of hydrogen-bond acceptors (Lipinski definition) is 6. The molecule has 2 atom stereocenters. The van der Waals surface area contributed by atoms with Crippen molar-refractivity contribution in [1.29, 1.82) is 0 Å². The summed E-state index contributed by atoms with van der Waals surface area (Å²) in [7, 11) is 0. The molecular formula is C27H33N3O3S. The molecule has 1 fully saturated rings. The number of ether oxygens (including phenoxy) is 2. The van der Waals surface area contributed by atoms with Gasteiger partial charge in [-0.05, 0) is 56.2 Å². The molecule has 4 rings (SSSR count). The van der Waals surface area contributed by atoms with E-state index in [1.807, 2.05) is 36.6 Å². The van der Waals surface area contributed by atoms with Crippen LogP contribution in [0.4, 0.5) is 0 Å². The van der Waals surface area contributed by atoms with Gasteiger partial charge < -0.3 is 14.8 Å². The van der Waals surface area contributed by atoms with E-state index in [0.717, 1.165) is 47.2 Å². The van der Waals surface area contributed by atoms with E-state index in [0.29, 0.717) is 13.2 Å². The van der Waals surface area contributed by atoms with Crippen molar-refractivity contribution in [3.63, 3.8) is 0 Å². The normalized spacial score (nSPS) is 18.6. The van der Waals surface area contributed by atoms with E-state index in [-0.39, 0.29) is 24.5 Å². The zero-order chi connectivity index (χ0) is 23.9. The van der Waals surface area contributed by atoms with Crippen LogP contribution in [0.5, 0.6) is 5.75 Å². The number of aromatic nitrogens is 1. The Morgan fingerprint density at radius 3 is 2.44 bits per heavy atom. The minimum absolute atomic E-state index is 0.0242. The molecule has 1 N–H and O–H groups in total. The highest BCUT2D eigenvalue weighted by molar-refractivity contribution is 7.13. The van der Waals surface area contributed by atoms with Crippen LogP contribution < -0.4 is 10.1 Å². The molecule has 2 aromatic carbocycles.